The van der Waals surface area contributed by atoms with Crippen LogP contribution in [0.1, 0.15) is 55.8 Å². The first-order valence-electron chi connectivity index (χ1n) is 9.18. The molecular weight excluding hydrogens is 346 g/mol. The van der Waals surface area contributed by atoms with Crippen LogP contribution in [0.5, 0.6) is 5.75 Å². The summed E-state index contributed by atoms with van der Waals surface area (Å²) in [4.78, 5) is 0.347. The van der Waals surface area contributed by atoms with Gasteiger partial charge in [-0.15, -0.1) is 0 Å². The van der Waals surface area contributed by atoms with E-state index in [1.807, 2.05) is 50.2 Å². The van der Waals surface area contributed by atoms with Crippen LogP contribution in [0.2, 0.25) is 0 Å². The Balaban J connectivity index is 2.01. The van der Waals surface area contributed by atoms with Crippen molar-refractivity contribution in [2.75, 3.05) is 0 Å². The number of nitrogens with one attached hydrogen (secondary N) is 1. The fourth-order valence-electron chi connectivity index (χ4n) is 3.65. The first-order valence-corrected chi connectivity index (χ1v) is 10.7. The lowest BCUT2D eigenvalue weighted by Gasteiger charge is -2.41. The second-order valence-electron chi connectivity index (χ2n) is 7.18. The third kappa shape index (κ3) is 3.51. The Morgan fingerprint density at radius 2 is 1.81 bits per heavy atom. The second-order valence-corrected chi connectivity index (χ2v) is 8.86. The molecule has 2 aromatic carbocycles. The Bertz CT molecular complexity index is 901. The molecule has 4 nitrogen and oxygen atoms in total. The number of aryl methyl sites for hydroxylation is 2. The minimum Gasteiger partial charge on any atom is -0.487 e. The van der Waals surface area contributed by atoms with Crippen molar-refractivity contribution >= 4 is 10.0 Å². The largest absolute Gasteiger partial charge is 0.487 e. The van der Waals surface area contributed by atoms with Gasteiger partial charge in [-0.3, -0.25) is 0 Å². The van der Waals surface area contributed by atoms with Crippen molar-refractivity contribution in [3.63, 3.8) is 0 Å². The lowest BCUT2D eigenvalue weighted by atomic mass is 9.84. The maximum atomic E-state index is 13.1. The van der Waals surface area contributed by atoms with Gasteiger partial charge in [-0.25, -0.2) is 13.1 Å². The minimum absolute atomic E-state index is 0.301. The number of para-hydroxylation sites is 1. The molecule has 0 aliphatic carbocycles. The Labute approximate surface area is 156 Å². The van der Waals surface area contributed by atoms with E-state index in [1.54, 1.807) is 6.07 Å². The third-order valence-corrected chi connectivity index (χ3v) is 7.03. The SMILES string of the molecule is CCC1(CC)CC(NS(=O)(=O)c2cc(C)ccc2C)c2ccccc2O1. The predicted octanol–water partition coefficient (Wildman–Crippen LogP) is 4.66. The average molecular weight is 374 g/mol. The van der Waals surface area contributed by atoms with Crippen LogP contribution >= 0.6 is 0 Å². The summed E-state index contributed by atoms with van der Waals surface area (Å²) in [6, 6.07) is 12.9. The molecule has 1 N–H and O–H groups in total. The van der Waals surface area contributed by atoms with Gasteiger partial charge in [0.1, 0.15) is 11.4 Å². The van der Waals surface area contributed by atoms with Gasteiger partial charge in [0.25, 0.3) is 0 Å². The normalized spacial score (nSPS) is 18.8. The first kappa shape index (κ1) is 18.9. The number of fused-ring (bicyclic) bond motifs is 1. The fraction of sp³-hybridized carbons (Fsp3) is 0.429. The number of benzene rings is 2. The van der Waals surface area contributed by atoms with Crippen LogP contribution in [-0.2, 0) is 10.0 Å². The molecule has 0 spiro atoms. The monoisotopic (exact) mass is 373 g/mol. The van der Waals surface area contributed by atoms with Crippen molar-refractivity contribution in [3.05, 3.63) is 59.2 Å². The van der Waals surface area contributed by atoms with E-state index in [0.29, 0.717) is 11.3 Å². The molecule has 5 heteroatoms. The molecule has 3 rings (SSSR count). The Kier molecular flexibility index (Phi) is 5.13. The molecular formula is C21H27NO3S. The zero-order valence-electron chi connectivity index (χ0n) is 15.9. The van der Waals surface area contributed by atoms with Crippen LogP contribution in [0.3, 0.4) is 0 Å². The van der Waals surface area contributed by atoms with E-state index in [0.717, 1.165) is 35.3 Å². The van der Waals surface area contributed by atoms with E-state index in [-0.39, 0.29) is 11.6 Å². The van der Waals surface area contributed by atoms with Gasteiger partial charge >= 0.3 is 0 Å². The summed E-state index contributed by atoms with van der Waals surface area (Å²) < 4.78 is 35.5. The van der Waals surface area contributed by atoms with Gasteiger partial charge in [0.15, 0.2) is 0 Å². The number of hydrogen-bond donors (Lipinski definition) is 1. The van der Waals surface area contributed by atoms with Gasteiger partial charge < -0.3 is 4.74 Å². The van der Waals surface area contributed by atoms with Crippen LogP contribution in [-0.4, -0.2) is 14.0 Å². The standard InChI is InChI=1S/C21H27NO3S/c1-5-21(6-2)14-18(17-9-7-8-10-19(17)25-21)22-26(23,24)20-13-15(3)11-12-16(20)4/h7-13,18,22H,5-6,14H2,1-4H3. The summed E-state index contributed by atoms with van der Waals surface area (Å²) in [5.41, 5.74) is 2.24. The van der Waals surface area contributed by atoms with Crippen LogP contribution in [0, 0.1) is 13.8 Å². The minimum atomic E-state index is -3.63. The molecule has 140 valence electrons. The van der Waals surface area contributed by atoms with Crippen LogP contribution in [0.25, 0.3) is 0 Å². The average Bonchev–Trinajstić information content (AvgIpc) is 2.63. The van der Waals surface area contributed by atoms with Crippen molar-refractivity contribution in [1.29, 1.82) is 0 Å². The number of ether oxygens (including phenoxy) is 1. The fourth-order valence-corrected chi connectivity index (χ4v) is 5.20. The maximum Gasteiger partial charge on any atom is 0.241 e. The van der Waals surface area contributed by atoms with Crippen molar-refractivity contribution < 1.29 is 13.2 Å². The number of sulfonamides is 1. The molecule has 0 radical (unpaired) electrons. The molecule has 1 unspecified atom stereocenters. The predicted molar refractivity (Wildman–Crippen MR) is 104 cm³/mol. The van der Waals surface area contributed by atoms with Gasteiger partial charge in [0, 0.05) is 12.0 Å². The molecule has 0 bridgehead atoms. The molecule has 1 atom stereocenters. The molecule has 0 fully saturated rings. The van der Waals surface area contributed by atoms with E-state index >= 15 is 0 Å². The highest BCUT2D eigenvalue weighted by Crippen LogP contribution is 2.43. The van der Waals surface area contributed by atoms with Gasteiger partial charge in [0.2, 0.25) is 10.0 Å². The maximum absolute atomic E-state index is 13.1. The Hall–Kier alpha value is -1.85. The van der Waals surface area contributed by atoms with Crippen LogP contribution < -0.4 is 9.46 Å². The molecule has 0 saturated carbocycles. The highest BCUT2D eigenvalue weighted by atomic mass is 32.2. The zero-order valence-corrected chi connectivity index (χ0v) is 16.7. The topological polar surface area (TPSA) is 55.4 Å². The summed E-state index contributed by atoms with van der Waals surface area (Å²) in [5, 5.41) is 0. The number of hydrogen-bond acceptors (Lipinski definition) is 3. The summed E-state index contributed by atoms with van der Waals surface area (Å²) in [6.45, 7) is 7.91. The summed E-state index contributed by atoms with van der Waals surface area (Å²) in [5.74, 6) is 0.774. The molecule has 1 aliphatic heterocycles. The van der Waals surface area contributed by atoms with E-state index in [1.165, 1.54) is 0 Å². The molecule has 2 aromatic rings. The van der Waals surface area contributed by atoms with E-state index in [2.05, 4.69) is 18.6 Å². The molecule has 1 heterocycles. The number of rotatable bonds is 5. The zero-order chi connectivity index (χ0) is 18.9. The summed E-state index contributed by atoms with van der Waals surface area (Å²) >= 11 is 0. The second kappa shape index (κ2) is 7.05. The van der Waals surface area contributed by atoms with Crippen molar-refractivity contribution in [1.82, 2.24) is 4.72 Å². The lowest BCUT2D eigenvalue weighted by molar-refractivity contribution is 0.0260. The summed E-state index contributed by atoms with van der Waals surface area (Å²) in [6.07, 6.45) is 2.29. The van der Waals surface area contributed by atoms with Crippen LogP contribution in [0.4, 0.5) is 0 Å². The van der Waals surface area contributed by atoms with Gasteiger partial charge in [-0.05, 0) is 49.9 Å². The van der Waals surface area contributed by atoms with Crippen molar-refractivity contribution in [2.45, 2.75) is 63.5 Å². The molecule has 0 aromatic heterocycles. The Morgan fingerprint density at radius 1 is 1.12 bits per heavy atom. The Morgan fingerprint density at radius 3 is 2.50 bits per heavy atom. The quantitative estimate of drug-likeness (QED) is 0.829. The van der Waals surface area contributed by atoms with E-state index in [9.17, 15) is 8.42 Å². The molecule has 0 saturated heterocycles. The van der Waals surface area contributed by atoms with Gasteiger partial charge in [0.05, 0.1) is 10.9 Å². The van der Waals surface area contributed by atoms with Gasteiger partial charge in [-0.1, -0.05) is 44.2 Å². The lowest BCUT2D eigenvalue weighted by Crippen LogP contribution is -2.44. The van der Waals surface area contributed by atoms with Crippen molar-refractivity contribution in [2.24, 2.45) is 0 Å². The smallest absolute Gasteiger partial charge is 0.241 e. The molecule has 1 aliphatic rings. The molecule has 0 amide bonds. The highest BCUT2D eigenvalue weighted by molar-refractivity contribution is 7.89. The molecule has 26 heavy (non-hydrogen) atoms. The van der Waals surface area contributed by atoms with Gasteiger partial charge in [-0.2, -0.15) is 0 Å². The highest BCUT2D eigenvalue weighted by Gasteiger charge is 2.40. The van der Waals surface area contributed by atoms with E-state index < -0.39 is 10.0 Å². The van der Waals surface area contributed by atoms with Crippen LogP contribution in [0.15, 0.2) is 47.4 Å². The first-order chi connectivity index (χ1) is 12.3. The third-order valence-electron chi connectivity index (χ3n) is 5.42. The summed E-state index contributed by atoms with van der Waals surface area (Å²) in [7, 11) is -3.63. The van der Waals surface area contributed by atoms with Crippen molar-refractivity contribution in [3.8, 4) is 5.75 Å². The van der Waals surface area contributed by atoms with E-state index in [4.69, 9.17) is 4.74 Å².